The molecule has 21 heavy (non-hydrogen) atoms. The summed E-state index contributed by atoms with van der Waals surface area (Å²) in [5, 5.41) is 7.85. The molecule has 1 unspecified atom stereocenters. The Labute approximate surface area is 136 Å². The van der Waals surface area contributed by atoms with Crippen LogP contribution in [0.2, 0.25) is 0 Å². The zero-order chi connectivity index (χ0) is 15.0. The van der Waals surface area contributed by atoms with Crippen LogP contribution >= 0.6 is 27.3 Å². The third-order valence-electron chi connectivity index (χ3n) is 3.54. The lowest BCUT2D eigenvalue weighted by Gasteiger charge is -2.20. The van der Waals surface area contributed by atoms with Crippen molar-refractivity contribution in [1.29, 1.82) is 0 Å². The molecule has 4 nitrogen and oxygen atoms in total. The summed E-state index contributed by atoms with van der Waals surface area (Å²) in [6, 6.07) is 8.55. The largest absolute Gasteiger partial charge is 0.271 e. The number of nitrogens with one attached hydrogen (secondary N) is 1. The Morgan fingerprint density at radius 1 is 1.33 bits per heavy atom. The third kappa shape index (κ3) is 2.53. The van der Waals surface area contributed by atoms with Gasteiger partial charge in [0.1, 0.15) is 0 Å². The van der Waals surface area contributed by atoms with E-state index in [9.17, 15) is 0 Å². The number of nitrogens with two attached hydrogens (primary N) is 1. The number of hydrogen-bond donors (Lipinski definition) is 2. The Morgan fingerprint density at radius 2 is 2.10 bits per heavy atom. The van der Waals surface area contributed by atoms with Crippen molar-refractivity contribution in [3.8, 4) is 0 Å². The molecular formula is C15H17BrN4S. The van der Waals surface area contributed by atoms with Gasteiger partial charge in [0.2, 0.25) is 0 Å². The van der Waals surface area contributed by atoms with Gasteiger partial charge in [-0.25, -0.2) is 5.43 Å². The first-order chi connectivity index (χ1) is 10.1. The molecule has 110 valence electrons. The van der Waals surface area contributed by atoms with Crippen molar-refractivity contribution < 1.29 is 0 Å². The van der Waals surface area contributed by atoms with Crippen molar-refractivity contribution in [1.82, 2.24) is 15.2 Å². The smallest absolute Gasteiger partial charge is 0.0903 e. The molecule has 0 saturated carbocycles. The number of rotatable bonds is 4. The number of aromatic nitrogens is 2. The molecule has 0 fully saturated rings. The Kier molecular flexibility index (Phi) is 4.12. The first-order valence-corrected chi connectivity index (χ1v) is 8.46. The summed E-state index contributed by atoms with van der Waals surface area (Å²) in [5.74, 6) is 5.88. The molecule has 3 aromatic rings. The zero-order valence-electron chi connectivity index (χ0n) is 11.9. The van der Waals surface area contributed by atoms with Crippen molar-refractivity contribution in [3.63, 3.8) is 0 Å². The summed E-state index contributed by atoms with van der Waals surface area (Å²) >= 11 is 5.34. The van der Waals surface area contributed by atoms with Crippen molar-refractivity contribution in [2.24, 2.45) is 5.84 Å². The van der Waals surface area contributed by atoms with Crippen LogP contribution in [0.25, 0.3) is 10.1 Å². The summed E-state index contributed by atoms with van der Waals surface area (Å²) in [7, 11) is 0. The van der Waals surface area contributed by atoms with Crippen LogP contribution in [0.4, 0.5) is 0 Å². The van der Waals surface area contributed by atoms with Crippen LogP contribution in [-0.4, -0.2) is 9.78 Å². The number of hydrazine groups is 1. The average Bonchev–Trinajstić information content (AvgIpc) is 3.06. The van der Waals surface area contributed by atoms with Gasteiger partial charge in [0.05, 0.1) is 22.4 Å². The molecular weight excluding hydrogens is 348 g/mol. The quantitative estimate of drug-likeness (QED) is 0.543. The van der Waals surface area contributed by atoms with E-state index in [1.165, 1.54) is 15.6 Å². The molecule has 0 aliphatic carbocycles. The van der Waals surface area contributed by atoms with Gasteiger partial charge < -0.3 is 0 Å². The molecule has 6 heteroatoms. The van der Waals surface area contributed by atoms with Crippen molar-refractivity contribution >= 4 is 37.4 Å². The normalized spacial score (nSPS) is 13.2. The zero-order valence-corrected chi connectivity index (χ0v) is 14.3. The highest BCUT2D eigenvalue weighted by molar-refractivity contribution is 9.10. The predicted molar refractivity (Wildman–Crippen MR) is 91.3 cm³/mol. The van der Waals surface area contributed by atoms with Gasteiger partial charge in [0.25, 0.3) is 0 Å². The van der Waals surface area contributed by atoms with E-state index < -0.39 is 0 Å². The third-order valence-corrected chi connectivity index (χ3v) is 5.13. The molecule has 1 aromatic carbocycles. The van der Waals surface area contributed by atoms with E-state index in [0.29, 0.717) is 0 Å². The number of thiophene rings is 1. The molecule has 2 aromatic heterocycles. The van der Waals surface area contributed by atoms with E-state index in [1.54, 1.807) is 11.3 Å². The van der Waals surface area contributed by atoms with Gasteiger partial charge >= 0.3 is 0 Å². The second-order valence-electron chi connectivity index (χ2n) is 5.20. The molecule has 0 radical (unpaired) electrons. The fourth-order valence-electron chi connectivity index (χ4n) is 2.57. The highest BCUT2D eigenvalue weighted by atomic mass is 79.9. The van der Waals surface area contributed by atoms with Crippen LogP contribution in [0.5, 0.6) is 0 Å². The van der Waals surface area contributed by atoms with Crippen LogP contribution in [0.3, 0.4) is 0 Å². The van der Waals surface area contributed by atoms with Gasteiger partial charge in [-0.2, -0.15) is 5.10 Å². The fraction of sp³-hybridized carbons (Fsp3) is 0.267. The summed E-state index contributed by atoms with van der Waals surface area (Å²) in [6.07, 6.45) is 1.83. The highest BCUT2D eigenvalue weighted by Gasteiger charge is 2.24. The number of benzene rings is 1. The highest BCUT2D eigenvalue weighted by Crippen LogP contribution is 2.36. The van der Waals surface area contributed by atoms with E-state index in [-0.39, 0.29) is 12.1 Å². The lowest BCUT2D eigenvalue weighted by molar-refractivity contribution is 0.476. The van der Waals surface area contributed by atoms with Gasteiger partial charge in [-0.15, -0.1) is 11.3 Å². The summed E-state index contributed by atoms with van der Waals surface area (Å²) < 4.78 is 4.23. The number of fused-ring (bicyclic) bond motifs is 1. The maximum Gasteiger partial charge on any atom is 0.0903 e. The Hall–Kier alpha value is -1.21. The first kappa shape index (κ1) is 14.7. The molecule has 0 amide bonds. The van der Waals surface area contributed by atoms with Gasteiger partial charge in [0, 0.05) is 10.7 Å². The summed E-state index contributed by atoms with van der Waals surface area (Å²) in [4.78, 5) is 0. The molecule has 0 spiro atoms. The van der Waals surface area contributed by atoms with Crippen LogP contribution < -0.4 is 11.3 Å². The Bertz CT molecular complexity index is 762. The minimum absolute atomic E-state index is 0.0968. The number of halogens is 1. The van der Waals surface area contributed by atoms with Crippen molar-refractivity contribution in [3.05, 3.63) is 51.6 Å². The van der Waals surface area contributed by atoms with E-state index in [0.717, 1.165) is 10.2 Å². The minimum atomic E-state index is -0.0968. The molecule has 0 aliphatic rings. The van der Waals surface area contributed by atoms with Crippen LogP contribution in [0, 0.1) is 0 Å². The van der Waals surface area contributed by atoms with Gasteiger partial charge in [-0.3, -0.25) is 10.5 Å². The van der Waals surface area contributed by atoms with Crippen LogP contribution in [0.1, 0.15) is 37.2 Å². The topological polar surface area (TPSA) is 55.9 Å². The molecule has 0 bridgehead atoms. The summed E-state index contributed by atoms with van der Waals surface area (Å²) in [6.45, 7) is 4.23. The van der Waals surface area contributed by atoms with Gasteiger partial charge in [-0.05, 0) is 52.2 Å². The van der Waals surface area contributed by atoms with Crippen molar-refractivity contribution in [2.75, 3.05) is 0 Å². The van der Waals surface area contributed by atoms with E-state index >= 15 is 0 Å². The second kappa shape index (κ2) is 5.88. The molecule has 0 saturated heterocycles. The molecule has 3 rings (SSSR count). The number of hydrogen-bond acceptors (Lipinski definition) is 4. The van der Waals surface area contributed by atoms with Crippen molar-refractivity contribution in [2.45, 2.75) is 25.9 Å². The monoisotopic (exact) mass is 364 g/mol. The lowest BCUT2D eigenvalue weighted by Crippen LogP contribution is -2.31. The maximum atomic E-state index is 5.88. The standard InChI is InChI=1S/C15H17BrN4S/c1-9(2)20-15(12(16)7-18-20)14(19-17)11-8-21-13-6-4-3-5-10(11)13/h3-9,14,19H,17H2,1-2H3. The van der Waals surface area contributed by atoms with Crippen LogP contribution in [-0.2, 0) is 0 Å². The van der Waals surface area contributed by atoms with E-state index in [2.05, 4.69) is 69.9 Å². The maximum absolute atomic E-state index is 5.88. The second-order valence-corrected chi connectivity index (χ2v) is 6.97. The minimum Gasteiger partial charge on any atom is -0.271 e. The fourth-order valence-corrected chi connectivity index (χ4v) is 4.06. The molecule has 1 atom stereocenters. The Balaban J connectivity index is 2.17. The molecule has 3 N–H and O–H groups in total. The van der Waals surface area contributed by atoms with Gasteiger partial charge in [0.15, 0.2) is 0 Å². The van der Waals surface area contributed by atoms with Crippen LogP contribution in [0.15, 0.2) is 40.3 Å². The number of nitrogens with zero attached hydrogens (tertiary/aromatic N) is 2. The summed E-state index contributed by atoms with van der Waals surface area (Å²) in [5.41, 5.74) is 5.18. The first-order valence-electron chi connectivity index (χ1n) is 6.78. The lowest BCUT2D eigenvalue weighted by atomic mass is 10.0. The Morgan fingerprint density at radius 3 is 2.81 bits per heavy atom. The molecule has 2 heterocycles. The van der Waals surface area contributed by atoms with E-state index in [4.69, 9.17) is 5.84 Å². The average molecular weight is 365 g/mol. The SMILES string of the molecule is CC(C)n1ncc(Br)c1C(NN)c1csc2ccccc12. The van der Waals surface area contributed by atoms with Gasteiger partial charge in [-0.1, -0.05) is 18.2 Å². The van der Waals surface area contributed by atoms with E-state index in [1.807, 2.05) is 10.9 Å². The predicted octanol–water partition coefficient (Wildman–Crippen LogP) is 3.99. The molecule has 0 aliphatic heterocycles.